The van der Waals surface area contributed by atoms with E-state index in [1.54, 1.807) is 18.2 Å². The second-order valence-corrected chi connectivity index (χ2v) is 7.40. The Morgan fingerprint density at radius 3 is 2.74 bits per heavy atom. The van der Waals surface area contributed by atoms with Gasteiger partial charge >= 0.3 is 0 Å². The van der Waals surface area contributed by atoms with Crippen LogP contribution in [-0.4, -0.2) is 39.7 Å². The first kappa shape index (κ1) is 20.3. The number of fused-ring (bicyclic) bond motifs is 2. The molecule has 1 amide bonds. The number of carbonyl (C=O) groups is 3. The minimum Gasteiger partial charge on any atom is -0.394 e. The Morgan fingerprint density at radius 2 is 1.97 bits per heavy atom. The molecular formula is C22H21N5O4. The Bertz CT molecular complexity index is 1210. The Balaban J connectivity index is 1.47. The van der Waals surface area contributed by atoms with Crippen molar-refractivity contribution in [2.45, 2.75) is 26.4 Å². The van der Waals surface area contributed by atoms with Gasteiger partial charge < -0.3 is 16.0 Å². The van der Waals surface area contributed by atoms with Crippen LogP contribution < -0.4 is 11.1 Å². The zero-order valence-corrected chi connectivity index (χ0v) is 16.9. The third kappa shape index (κ3) is 4.16. The van der Waals surface area contributed by atoms with Gasteiger partial charge in [-0.05, 0) is 51.6 Å². The minimum absolute atomic E-state index is 0.0267. The molecule has 2 heterocycles. The van der Waals surface area contributed by atoms with Gasteiger partial charge in [-0.2, -0.15) is 0 Å². The molecule has 9 heteroatoms. The number of rotatable bonds is 6. The molecule has 3 N–H and O–H groups in total. The number of benzene rings is 2. The first-order chi connectivity index (χ1) is 15.0. The molecule has 0 aliphatic carbocycles. The topological polar surface area (TPSA) is 131 Å². The molecule has 1 aromatic heterocycles. The highest BCUT2D eigenvalue weighted by Crippen LogP contribution is 2.23. The average molecular weight is 419 g/mol. The number of hydrogen-bond donors (Lipinski definition) is 2. The third-order valence-electron chi connectivity index (χ3n) is 5.36. The maximum absolute atomic E-state index is 12.5. The summed E-state index contributed by atoms with van der Waals surface area (Å²) >= 11 is 0. The van der Waals surface area contributed by atoms with Crippen molar-refractivity contribution >= 4 is 29.0 Å². The number of aldehydes is 1. The van der Waals surface area contributed by atoms with E-state index < -0.39 is 0 Å². The summed E-state index contributed by atoms with van der Waals surface area (Å²) in [6.07, 6.45) is 1.36. The summed E-state index contributed by atoms with van der Waals surface area (Å²) in [5.74, 6) is -0.561. The summed E-state index contributed by atoms with van der Waals surface area (Å²) in [6.45, 7) is 2.75. The van der Waals surface area contributed by atoms with Gasteiger partial charge in [0, 0.05) is 32.1 Å². The van der Waals surface area contributed by atoms with Gasteiger partial charge in [0.05, 0.1) is 0 Å². The standard InChI is InChI=1S/C22H21N5O4/c1-13(29)21(23)20(12-28)27-7-6-15-3-2-14(8-17(15)11-27)10-24-22(30)16-4-5-18-19(9-16)26-31-25-18/h2-5,8-9,12H,6-7,10-11,23H2,1H3,(H,24,30)/b21-20-. The van der Waals surface area contributed by atoms with E-state index >= 15 is 0 Å². The normalized spacial score (nSPS) is 14.0. The van der Waals surface area contributed by atoms with Crippen molar-refractivity contribution in [3.8, 4) is 0 Å². The first-order valence-electron chi connectivity index (χ1n) is 9.78. The maximum Gasteiger partial charge on any atom is 0.251 e. The van der Waals surface area contributed by atoms with E-state index in [4.69, 9.17) is 5.73 Å². The van der Waals surface area contributed by atoms with Crippen LogP contribution in [0.2, 0.25) is 0 Å². The number of aromatic nitrogens is 2. The largest absolute Gasteiger partial charge is 0.394 e. The molecule has 4 rings (SSSR count). The summed E-state index contributed by atoms with van der Waals surface area (Å²) < 4.78 is 4.66. The average Bonchev–Trinajstić information content (AvgIpc) is 3.25. The molecule has 0 spiro atoms. The van der Waals surface area contributed by atoms with Crippen LogP contribution >= 0.6 is 0 Å². The molecule has 0 fully saturated rings. The molecule has 3 aromatic rings. The second-order valence-electron chi connectivity index (χ2n) is 7.40. The number of nitrogens with two attached hydrogens (primary N) is 1. The van der Waals surface area contributed by atoms with E-state index in [9.17, 15) is 14.4 Å². The fourth-order valence-corrected chi connectivity index (χ4v) is 3.62. The molecule has 158 valence electrons. The van der Waals surface area contributed by atoms with Crippen molar-refractivity contribution in [2.75, 3.05) is 6.54 Å². The van der Waals surface area contributed by atoms with Crippen molar-refractivity contribution in [3.63, 3.8) is 0 Å². The molecule has 9 nitrogen and oxygen atoms in total. The fourth-order valence-electron chi connectivity index (χ4n) is 3.62. The van der Waals surface area contributed by atoms with Gasteiger partial charge in [-0.1, -0.05) is 18.2 Å². The van der Waals surface area contributed by atoms with Crippen molar-refractivity contribution < 1.29 is 19.0 Å². The van der Waals surface area contributed by atoms with Crippen molar-refractivity contribution in [1.29, 1.82) is 0 Å². The molecule has 1 aliphatic heterocycles. The highest BCUT2D eigenvalue weighted by atomic mass is 16.6. The van der Waals surface area contributed by atoms with E-state index in [-0.39, 0.29) is 23.1 Å². The molecular weight excluding hydrogens is 398 g/mol. The predicted molar refractivity (Wildman–Crippen MR) is 111 cm³/mol. The predicted octanol–water partition coefficient (Wildman–Crippen LogP) is 1.47. The molecule has 0 radical (unpaired) electrons. The van der Waals surface area contributed by atoms with E-state index in [1.165, 1.54) is 12.5 Å². The molecule has 0 saturated heterocycles. The van der Waals surface area contributed by atoms with Gasteiger partial charge in [-0.3, -0.25) is 14.4 Å². The minimum atomic E-state index is -0.330. The van der Waals surface area contributed by atoms with Crippen LogP contribution in [0.5, 0.6) is 0 Å². The summed E-state index contributed by atoms with van der Waals surface area (Å²) in [5, 5.41) is 10.4. The van der Waals surface area contributed by atoms with Crippen LogP contribution in [0.3, 0.4) is 0 Å². The van der Waals surface area contributed by atoms with Crippen LogP contribution in [0.25, 0.3) is 11.0 Å². The number of nitrogens with zero attached hydrogens (tertiary/aromatic N) is 3. The monoisotopic (exact) mass is 419 g/mol. The number of nitrogens with one attached hydrogen (secondary N) is 1. The van der Waals surface area contributed by atoms with E-state index in [1.807, 2.05) is 23.1 Å². The number of allylic oxidation sites excluding steroid dienone is 2. The zero-order valence-electron chi connectivity index (χ0n) is 16.9. The van der Waals surface area contributed by atoms with Crippen LogP contribution in [-0.2, 0) is 29.1 Å². The van der Waals surface area contributed by atoms with Gasteiger partial charge in [0.2, 0.25) is 0 Å². The van der Waals surface area contributed by atoms with E-state index in [2.05, 4.69) is 20.3 Å². The summed E-state index contributed by atoms with van der Waals surface area (Å²) in [7, 11) is 0. The molecule has 0 saturated carbocycles. The number of carbonyl (C=O) groups excluding carboxylic acids is 3. The number of Topliss-reactive ketones (excluding diaryl/α,β-unsaturated/α-hetero) is 1. The van der Waals surface area contributed by atoms with Crippen molar-refractivity contribution in [3.05, 3.63) is 70.0 Å². The van der Waals surface area contributed by atoms with Gasteiger partial charge in [-0.25, -0.2) is 4.63 Å². The van der Waals surface area contributed by atoms with Crippen LogP contribution in [0.1, 0.15) is 34.0 Å². The lowest BCUT2D eigenvalue weighted by molar-refractivity contribution is -0.114. The molecule has 0 unspecified atom stereocenters. The maximum atomic E-state index is 12.5. The molecule has 1 aliphatic rings. The highest BCUT2D eigenvalue weighted by molar-refractivity contribution is 5.98. The first-order valence-corrected chi connectivity index (χ1v) is 9.78. The Labute approximate surface area is 177 Å². The fraction of sp³-hybridized carbons (Fsp3) is 0.227. The quantitative estimate of drug-likeness (QED) is 0.454. The van der Waals surface area contributed by atoms with Crippen molar-refractivity contribution in [2.24, 2.45) is 5.73 Å². The SMILES string of the molecule is CC(=O)/C(N)=C(\C=O)N1CCc2ccc(CNC(=O)c3ccc4nonc4c3)cc2C1. The molecule has 31 heavy (non-hydrogen) atoms. The molecule has 2 aromatic carbocycles. The van der Waals surface area contributed by atoms with Gasteiger partial charge in [0.15, 0.2) is 12.1 Å². The summed E-state index contributed by atoms with van der Waals surface area (Å²) in [6, 6.07) is 11.0. The van der Waals surface area contributed by atoms with Crippen molar-refractivity contribution in [1.82, 2.24) is 20.5 Å². The second kappa shape index (κ2) is 8.39. The van der Waals surface area contributed by atoms with Gasteiger partial charge in [0.1, 0.15) is 22.4 Å². The number of amides is 1. The zero-order chi connectivity index (χ0) is 22.0. The Morgan fingerprint density at radius 1 is 1.16 bits per heavy atom. The Hall–Kier alpha value is -4.01. The lowest BCUT2D eigenvalue weighted by Gasteiger charge is -2.31. The molecule has 0 atom stereocenters. The van der Waals surface area contributed by atoms with Gasteiger partial charge in [0.25, 0.3) is 5.91 Å². The summed E-state index contributed by atoms with van der Waals surface area (Å²) in [5.41, 5.74) is 10.7. The van der Waals surface area contributed by atoms with Gasteiger partial charge in [-0.15, -0.1) is 0 Å². The lowest BCUT2D eigenvalue weighted by Crippen LogP contribution is -2.33. The molecule has 0 bridgehead atoms. The van der Waals surface area contributed by atoms with Crippen LogP contribution in [0, 0.1) is 0 Å². The number of ketones is 1. The van der Waals surface area contributed by atoms with Crippen LogP contribution in [0.15, 0.2) is 52.4 Å². The highest BCUT2D eigenvalue weighted by Gasteiger charge is 2.21. The Kier molecular flexibility index (Phi) is 5.48. The van der Waals surface area contributed by atoms with E-state index in [0.717, 1.165) is 17.5 Å². The van der Waals surface area contributed by atoms with E-state index in [0.29, 0.717) is 42.5 Å². The lowest BCUT2D eigenvalue weighted by atomic mass is 9.96. The third-order valence-corrected chi connectivity index (χ3v) is 5.36. The smallest absolute Gasteiger partial charge is 0.251 e. The number of hydrogen-bond acceptors (Lipinski definition) is 8. The summed E-state index contributed by atoms with van der Waals surface area (Å²) in [4.78, 5) is 37.4. The van der Waals surface area contributed by atoms with Crippen LogP contribution in [0.4, 0.5) is 0 Å².